The van der Waals surface area contributed by atoms with Gasteiger partial charge in [0, 0.05) is 22.5 Å². The topological polar surface area (TPSA) is 132 Å². The smallest absolute Gasteiger partial charge is 0.0718 e. The number of nitrogen functional groups attached to an aromatic ring is 2. The van der Waals surface area contributed by atoms with E-state index in [0.717, 1.165) is 24.0 Å². The van der Waals surface area contributed by atoms with E-state index in [9.17, 15) is 19.8 Å². The van der Waals surface area contributed by atoms with E-state index >= 15 is 0 Å². The largest absolute Gasteiger partial charge is 0.545 e. The molecule has 6 nitrogen and oxygen atoms in total. The molecule has 174 valence electrons. The van der Waals surface area contributed by atoms with Crippen LogP contribution in [0, 0.1) is 0 Å². The molecule has 32 heavy (non-hydrogen) atoms. The zero-order chi connectivity index (χ0) is 24.4. The van der Waals surface area contributed by atoms with Crippen LogP contribution in [0.15, 0.2) is 24.3 Å². The first-order valence-corrected chi connectivity index (χ1v) is 11.0. The predicted molar refractivity (Wildman–Crippen MR) is 124 cm³/mol. The number of carbonyl (C=O) groups is 2. The van der Waals surface area contributed by atoms with Gasteiger partial charge in [-0.1, -0.05) is 65.8 Å². The van der Waals surface area contributed by atoms with Crippen molar-refractivity contribution in [1.29, 1.82) is 0 Å². The lowest BCUT2D eigenvalue weighted by molar-refractivity contribution is -0.256. The first kappa shape index (κ1) is 25.2. The Kier molecular flexibility index (Phi) is 7.28. The molecular formula is C26H34N2O4-2. The maximum Gasteiger partial charge on any atom is 0.0718 e. The standard InChI is InChI=1S/C26H36N2O4/c1-7-25(3,4)19-13-11-17(23(29)30)15(21(19)27)9-10-16-18(24(31)32)12-14-20(22(16)28)26(5,6)8-2/h11-14H,7-10,27-28H2,1-6H3,(H,29,30)(H,31,32)/p-2. The molecule has 4 N–H and O–H groups in total. The van der Waals surface area contributed by atoms with E-state index in [0.29, 0.717) is 22.5 Å². The van der Waals surface area contributed by atoms with E-state index in [1.807, 2.05) is 41.5 Å². The Morgan fingerprint density at radius 1 is 0.719 bits per heavy atom. The van der Waals surface area contributed by atoms with Crippen molar-refractivity contribution < 1.29 is 19.8 Å². The summed E-state index contributed by atoms with van der Waals surface area (Å²) >= 11 is 0. The van der Waals surface area contributed by atoms with Crippen LogP contribution in [0.25, 0.3) is 0 Å². The number of carboxylic acid groups (broad SMARTS) is 2. The highest BCUT2D eigenvalue weighted by Crippen LogP contribution is 2.37. The van der Waals surface area contributed by atoms with Crippen LogP contribution in [0.5, 0.6) is 0 Å². The Morgan fingerprint density at radius 3 is 1.28 bits per heavy atom. The van der Waals surface area contributed by atoms with Gasteiger partial charge in [-0.25, -0.2) is 0 Å². The molecule has 0 unspecified atom stereocenters. The zero-order valence-electron chi connectivity index (χ0n) is 19.9. The number of hydrogen-bond donors (Lipinski definition) is 2. The molecule has 0 aliphatic heterocycles. The van der Waals surface area contributed by atoms with Gasteiger partial charge >= 0.3 is 0 Å². The highest BCUT2D eigenvalue weighted by Gasteiger charge is 2.26. The summed E-state index contributed by atoms with van der Waals surface area (Å²) < 4.78 is 0. The second-order valence-corrected chi connectivity index (χ2v) is 9.66. The Hall–Kier alpha value is -3.02. The molecule has 0 bridgehead atoms. The number of carbonyl (C=O) groups excluding carboxylic acids is 2. The first-order valence-electron chi connectivity index (χ1n) is 11.0. The quantitative estimate of drug-likeness (QED) is 0.579. The highest BCUT2D eigenvalue weighted by molar-refractivity contribution is 5.91. The minimum absolute atomic E-state index is 0.0109. The van der Waals surface area contributed by atoms with Crippen LogP contribution in [0.4, 0.5) is 11.4 Å². The van der Waals surface area contributed by atoms with Crippen molar-refractivity contribution in [1.82, 2.24) is 0 Å². The molecule has 2 aromatic carbocycles. The summed E-state index contributed by atoms with van der Waals surface area (Å²) in [6.07, 6.45) is 2.06. The molecule has 0 amide bonds. The lowest BCUT2D eigenvalue weighted by atomic mass is 9.78. The van der Waals surface area contributed by atoms with E-state index in [1.54, 1.807) is 12.1 Å². The lowest BCUT2D eigenvalue weighted by Crippen LogP contribution is -2.28. The SMILES string of the molecule is CCC(C)(C)c1ccc(C(=O)[O-])c(CCc2c(C(=O)[O-])ccc(C(C)(C)CC)c2N)c1N. The van der Waals surface area contributed by atoms with Crippen LogP contribution in [0.1, 0.15) is 97.4 Å². The number of carboxylic acids is 2. The average molecular weight is 439 g/mol. The Morgan fingerprint density at radius 2 is 1.03 bits per heavy atom. The lowest BCUT2D eigenvalue weighted by Gasteiger charge is -2.29. The van der Waals surface area contributed by atoms with Crippen molar-refractivity contribution in [3.8, 4) is 0 Å². The first-order chi connectivity index (χ1) is 14.8. The minimum atomic E-state index is -1.32. The molecule has 0 fully saturated rings. The fraction of sp³-hybridized carbons (Fsp3) is 0.462. The fourth-order valence-corrected chi connectivity index (χ4v) is 4.06. The third-order valence-electron chi connectivity index (χ3n) is 7.00. The molecule has 0 aliphatic rings. The molecule has 6 heteroatoms. The third kappa shape index (κ3) is 4.74. The molecule has 0 radical (unpaired) electrons. The Bertz CT molecular complexity index is 955. The van der Waals surface area contributed by atoms with Gasteiger partial charge in [0.2, 0.25) is 0 Å². The van der Waals surface area contributed by atoms with Gasteiger partial charge in [0.05, 0.1) is 11.9 Å². The number of nitrogens with two attached hydrogens (primary N) is 2. The summed E-state index contributed by atoms with van der Waals surface area (Å²) in [5.41, 5.74) is 15.8. The number of hydrogen-bond acceptors (Lipinski definition) is 6. The molecule has 0 saturated heterocycles. The van der Waals surface area contributed by atoms with Crippen LogP contribution in [0.2, 0.25) is 0 Å². The van der Waals surface area contributed by atoms with Crippen molar-refractivity contribution in [3.63, 3.8) is 0 Å². The molecule has 0 atom stereocenters. The number of anilines is 2. The predicted octanol–water partition coefficient (Wildman–Crippen LogP) is 2.74. The molecule has 0 aromatic heterocycles. The fourth-order valence-electron chi connectivity index (χ4n) is 4.06. The number of aromatic carboxylic acids is 2. The summed E-state index contributed by atoms with van der Waals surface area (Å²) in [4.78, 5) is 23.6. The van der Waals surface area contributed by atoms with E-state index in [-0.39, 0.29) is 34.8 Å². The highest BCUT2D eigenvalue weighted by atomic mass is 16.4. The molecular weight excluding hydrogens is 404 g/mol. The summed E-state index contributed by atoms with van der Waals surface area (Å²) in [5.74, 6) is -2.64. The minimum Gasteiger partial charge on any atom is -0.545 e. The van der Waals surface area contributed by atoms with E-state index in [1.165, 1.54) is 12.1 Å². The van der Waals surface area contributed by atoms with Crippen molar-refractivity contribution in [2.75, 3.05) is 11.5 Å². The molecule has 0 saturated carbocycles. The average Bonchev–Trinajstić information content (AvgIpc) is 2.72. The summed E-state index contributed by atoms with van der Waals surface area (Å²) in [7, 11) is 0. The second kappa shape index (κ2) is 9.23. The molecule has 0 aliphatic carbocycles. The summed E-state index contributed by atoms with van der Waals surface area (Å²) in [5, 5.41) is 23.6. The van der Waals surface area contributed by atoms with E-state index in [4.69, 9.17) is 11.5 Å². The van der Waals surface area contributed by atoms with Crippen molar-refractivity contribution >= 4 is 23.3 Å². The summed E-state index contributed by atoms with van der Waals surface area (Å²) in [6, 6.07) is 6.51. The molecule has 2 rings (SSSR count). The van der Waals surface area contributed by atoms with Gasteiger partial charge in [0.25, 0.3) is 0 Å². The number of benzene rings is 2. The Labute approximate surface area is 190 Å². The molecule has 0 heterocycles. The van der Waals surface area contributed by atoms with Gasteiger partial charge < -0.3 is 31.3 Å². The van der Waals surface area contributed by atoms with Crippen LogP contribution < -0.4 is 21.7 Å². The van der Waals surface area contributed by atoms with Gasteiger partial charge in [-0.05, 0) is 58.8 Å². The van der Waals surface area contributed by atoms with E-state index in [2.05, 4.69) is 0 Å². The van der Waals surface area contributed by atoms with Crippen LogP contribution >= 0.6 is 0 Å². The maximum absolute atomic E-state index is 11.8. The van der Waals surface area contributed by atoms with Gasteiger partial charge in [0.15, 0.2) is 0 Å². The van der Waals surface area contributed by atoms with Crippen LogP contribution in [-0.2, 0) is 23.7 Å². The van der Waals surface area contributed by atoms with Gasteiger partial charge in [-0.3, -0.25) is 0 Å². The van der Waals surface area contributed by atoms with Crippen LogP contribution in [0.3, 0.4) is 0 Å². The monoisotopic (exact) mass is 438 g/mol. The number of rotatable bonds is 9. The van der Waals surface area contributed by atoms with E-state index < -0.39 is 11.9 Å². The normalized spacial score (nSPS) is 12.1. The van der Waals surface area contributed by atoms with Gasteiger partial charge in [-0.2, -0.15) is 0 Å². The molecule has 0 spiro atoms. The maximum atomic E-state index is 11.8. The zero-order valence-corrected chi connectivity index (χ0v) is 19.9. The van der Waals surface area contributed by atoms with Crippen molar-refractivity contribution in [2.24, 2.45) is 0 Å². The van der Waals surface area contributed by atoms with Crippen molar-refractivity contribution in [2.45, 2.75) is 78.1 Å². The van der Waals surface area contributed by atoms with Gasteiger partial charge in [-0.15, -0.1) is 0 Å². The van der Waals surface area contributed by atoms with Crippen molar-refractivity contribution in [3.05, 3.63) is 57.6 Å². The van der Waals surface area contributed by atoms with Crippen LogP contribution in [-0.4, -0.2) is 11.9 Å². The Balaban J connectivity index is 2.63. The second-order valence-electron chi connectivity index (χ2n) is 9.66. The van der Waals surface area contributed by atoms with Gasteiger partial charge in [0.1, 0.15) is 0 Å². The molecule has 2 aromatic rings. The summed E-state index contributed by atoms with van der Waals surface area (Å²) in [6.45, 7) is 12.3. The third-order valence-corrected chi connectivity index (χ3v) is 7.00.